The zero-order valence-corrected chi connectivity index (χ0v) is 41.8. The second-order valence-electron chi connectivity index (χ2n) is 17.0. The Labute approximate surface area is 402 Å². The van der Waals surface area contributed by atoms with Gasteiger partial charge in [-0.15, -0.1) is 0 Å². The van der Waals surface area contributed by atoms with Gasteiger partial charge in [0.2, 0.25) is 0 Å². The SMILES string of the molecule is CC/C=C/C/C=C/C/C=C/C/C=C/C/C=C/C/C=C/CCCCCCC(=O)OCC(COCCC(C(=O)O)[N+](C)(C)C)OC(=O)CC/C=C/C/C=C/C/C=C/C/C=C/C/C=C/C/C=C/CC. The topological polar surface area (TPSA) is 99.1 Å². The van der Waals surface area contributed by atoms with E-state index in [0.717, 1.165) is 109 Å². The Morgan fingerprint density at radius 3 is 1.23 bits per heavy atom. The van der Waals surface area contributed by atoms with E-state index in [4.69, 9.17) is 14.2 Å². The van der Waals surface area contributed by atoms with E-state index < -0.39 is 24.1 Å². The number of hydrogen-bond donors (Lipinski definition) is 1. The monoisotopic (exact) mass is 913 g/mol. The van der Waals surface area contributed by atoms with Crippen LogP contribution in [0.25, 0.3) is 0 Å². The van der Waals surface area contributed by atoms with Gasteiger partial charge in [0.05, 0.1) is 34.4 Å². The summed E-state index contributed by atoms with van der Waals surface area (Å²) in [5.74, 6) is -1.63. The first-order valence-corrected chi connectivity index (χ1v) is 24.9. The fourth-order valence-electron chi connectivity index (χ4n) is 6.24. The van der Waals surface area contributed by atoms with Gasteiger partial charge in [-0.1, -0.05) is 173 Å². The number of quaternary nitrogens is 1. The zero-order valence-electron chi connectivity index (χ0n) is 41.8. The summed E-state index contributed by atoms with van der Waals surface area (Å²) in [4.78, 5) is 37.1. The van der Waals surface area contributed by atoms with E-state index in [-0.39, 0.29) is 36.7 Å². The third-order valence-electron chi connectivity index (χ3n) is 10.00. The van der Waals surface area contributed by atoms with E-state index in [2.05, 4.69) is 148 Å². The summed E-state index contributed by atoms with van der Waals surface area (Å²) in [6, 6.07) is -0.643. The predicted molar refractivity (Wildman–Crippen MR) is 279 cm³/mol. The average molecular weight is 913 g/mol. The van der Waals surface area contributed by atoms with Crippen molar-refractivity contribution in [1.82, 2.24) is 0 Å². The fourth-order valence-corrected chi connectivity index (χ4v) is 6.24. The summed E-state index contributed by atoms with van der Waals surface area (Å²) in [6.45, 7) is 4.37. The molecular formula is C58H90NO7+. The Balaban J connectivity index is 4.47. The highest BCUT2D eigenvalue weighted by Gasteiger charge is 2.31. The van der Waals surface area contributed by atoms with Gasteiger partial charge in [-0.2, -0.15) is 0 Å². The summed E-state index contributed by atoms with van der Waals surface area (Å²) in [7, 11) is 5.48. The molecule has 66 heavy (non-hydrogen) atoms. The lowest BCUT2D eigenvalue weighted by atomic mass is 10.1. The van der Waals surface area contributed by atoms with Crippen LogP contribution in [0, 0.1) is 0 Å². The van der Waals surface area contributed by atoms with Crippen molar-refractivity contribution in [3.05, 3.63) is 146 Å². The smallest absolute Gasteiger partial charge is 0.362 e. The molecule has 0 aromatic carbocycles. The van der Waals surface area contributed by atoms with Gasteiger partial charge < -0.3 is 23.8 Å². The normalized spacial score (nSPS) is 14.1. The molecule has 0 aromatic rings. The number of nitrogens with zero attached hydrogens (tertiary/aromatic N) is 1. The summed E-state index contributed by atoms with van der Waals surface area (Å²) < 4.78 is 17.2. The van der Waals surface area contributed by atoms with Crippen molar-refractivity contribution in [2.75, 3.05) is 41.0 Å². The fraction of sp³-hybridized carbons (Fsp3) is 0.534. The number of likely N-dealkylation sites (N-methyl/N-ethyl adjacent to an activating group) is 1. The predicted octanol–water partition coefficient (Wildman–Crippen LogP) is 14.5. The van der Waals surface area contributed by atoms with Crippen LogP contribution in [-0.4, -0.2) is 80.6 Å². The van der Waals surface area contributed by atoms with Gasteiger partial charge in [0, 0.05) is 19.3 Å². The number of carbonyl (C=O) groups is 3. The Morgan fingerprint density at radius 1 is 0.455 bits per heavy atom. The summed E-state index contributed by atoms with van der Waals surface area (Å²) in [5.41, 5.74) is 0. The van der Waals surface area contributed by atoms with Crippen LogP contribution >= 0.6 is 0 Å². The van der Waals surface area contributed by atoms with Crippen LogP contribution in [0.2, 0.25) is 0 Å². The highest BCUT2D eigenvalue weighted by Crippen LogP contribution is 2.11. The second kappa shape index (κ2) is 46.7. The van der Waals surface area contributed by atoms with E-state index in [1.54, 1.807) is 0 Å². The van der Waals surface area contributed by atoms with E-state index in [9.17, 15) is 19.5 Å². The molecule has 0 bridgehead atoms. The van der Waals surface area contributed by atoms with Crippen LogP contribution in [0.15, 0.2) is 146 Å². The number of carboxylic acid groups (broad SMARTS) is 1. The first kappa shape index (κ1) is 61.2. The van der Waals surface area contributed by atoms with Gasteiger partial charge in [-0.05, 0) is 103 Å². The minimum absolute atomic E-state index is 0.0109. The lowest BCUT2D eigenvalue weighted by molar-refractivity contribution is -0.887. The van der Waals surface area contributed by atoms with E-state index in [1.807, 2.05) is 33.3 Å². The Kier molecular flexibility index (Phi) is 43.3. The van der Waals surface area contributed by atoms with Crippen molar-refractivity contribution >= 4 is 17.9 Å². The molecular weight excluding hydrogens is 823 g/mol. The van der Waals surface area contributed by atoms with E-state index in [0.29, 0.717) is 19.3 Å². The van der Waals surface area contributed by atoms with Crippen molar-refractivity contribution in [2.24, 2.45) is 0 Å². The molecule has 0 saturated heterocycles. The molecule has 0 rings (SSSR count). The Bertz CT molecular complexity index is 1580. The van der Waals surface area contributed by atoms with Crippen molar-refractivity contribution in [1.29, 1.82) is 0 Å². The molecule has 2 atom stereocenters. The number of allylic oxidation sites excluding steroid dienone is 24. The highest BCUT2D eigenvalue weighted by atomic mass is 16.6. The molecule has 0 spiro atoms. The standard InChI is InChI=1S/C58H89NO7/c1-6-8-10-12-14-16-18-20-22-24-26-27-28-29-31-32-34-36-38-40-42-44-46-48-56(60)65-53-54(52-64-51-50-55(58(62)63)59(3,4)5)66-57(61)49-47-45-43-41-39-37-35-33-30-25-23-21-19-17-15-13-11-9-7-2/h8-11,14-17,20-23,26-27,29-31,33-34,36-37,39,43,45,54-55H,6-7,12-13,18-19,24-25,28,32,35,38,40-42,44,46-53H2,1-5H3/p+1/b10-8+,11-9+,16-14+,17-15+,22-20+,23-21+,27-26+,31-29+,33-30+,36-34+,39-37+,45-43+. The Morgan fingerprint density at radius 2 is 0.833 bits per heavy atom. The summed E-state index contributed by atoms with van der Waals surface area (Å²) in [5, 5.41) is 9.65. The van der Waals surface area contributed by atoms with Gasteiger partial charge in [0.25, 0.3) is 0 Å². The van der Waals surface area contributed by atoms with Gasteiger partial charge in [-0.25, -0.2) is 4.79 Å². The minimum Gasteiger partial charge on any atom is -0.477 e. The minimum atomic E-state index is -0.897. The molecule has 0 fully saturated rings. The van der Waals surface area contributed by atoms with Crippen molar-refractivity contribution in [2.45, 2.75) is 161 Å². The van der Waals surface area contributed by atoms with Crippen molar-refractivity contribution in [3.8, 4) is 0 Å². The number of unbranched alkanes of at least 4 members (excludes halogenated alkanes) is 4. The molecule has 0 saturated carbocycles. The summed E-state index contributed by atoms with van der Waals surface area (Å²) in [6.07, 6.45) is 69.1. The maximum atomic E-state index is 12.7. The second-order valence-corrected chi connectivity index (χ2v) is 17.0. The van der Waals surface area contributed by atoms with Gasteiger partial charge in [0.1, 0.15) is 6.61 Å². The maximum Gasteiger partial charge on any atom is 0.362 e. The third kappa shape index (κ3) is 44.4. The van der Waals surface area contributed by atoms with Gasteiger partial charge in [0.15, 0.2) is 12.1 Å². The number of carbonyl (C=O) groups excluding carboxylic acids is 2. The largest absolute Gasteiger partial charge is 0.477 e. The van der Waals surface area contributed by atoms with Crippen LogP contribution in [0.1, 0.15) is 149 Å². The van der Waals surface area contributed by atoms with Crippen LogP contribution < -0.4 is 0 Å². The molecule has 2 unspecified atom stereocenters. The third-order valence-corrected chi connectivity index (χ3v) is 10.00. The molecule has 0 aliphatic carbocycles. The van der Waals surface area contributed by atoms with Gasteiger partial charge >= 0.3 is 17.9 Å². The molecule has 368 valence electrons. The Hall–Kier alpha value is -4.79. The maximum absolute atomic E-state index is 12.7. The van der Waals surface area contributed by atoms with Crippen LogP contribution in [0.3, 0.4) is 0 Å². The number of ether oxygens (including phenoxy) is 3. The molecule has 8 heteroatoms. The highest BCUT2D eigenvalue weighted by molar-refractivity contribution is 5.72. The molecule has 0 radical (unpaired) electrons. The van der Waals surface area contributed by atoms with Crippen LogP contribution in [0.5, 0.6) is 0 Å². The van der Waals surface area contributed by atoms with Gasteiger partial charge in [-0.3, -0.25) is 9.59 Å². The molecule has 1 N–H and O–H groups in total. The lowest BCUT2D eigenvalue weighted by Gasteiger charge is -2.31. The average Bonchev–Trinajstić information content (AvgIpc) is 3.28. The lowest BCUT2D eigenvalue weighted by Crippen LogP contribution is -2.50. The molecule has 0 amide bonds. The van der Waals surface area contributed by atoms with E-state index in [1.165, 1.54) is 0 Å². The number of carboxylic acids is 1. The van der Waals surface area contributed by atoms with Crippen LogP contribution in [-0.2, 0) is 28.6 Å². The van der Waals surface area contributed by atoms with Crippen molar-refractivity contribution in [3.63, 3.8) is 0 Å². The molecule has 0 heterocycles. The van der Waals surface area contributed by atoms with Crippen molar-refractivity contribution < 1.29 is 38.2 Å². The molecule has 0 aromatic heterocycles. The molecule has 8 nitrogen and oxygen atoms in total. The van der Waals surface area contributed by atoms with E-state index >= 15 is 0 Å². The molecule has 0 aliphatic rings. The number of aliphatic carboxylic acids is 1. The number of rotatable bonds is 42. The number of esters is 2. The quantitative estimate of drug-likeness (QED) is 0.0282. The first-order chi connectivity index (χ1) is 32.1. The summed E-state index contributed by atoms with van der Waals surface area (Å²) >= 11 is 0. The molecule has 0 aliphatic heterocycles. The zero-order chi connectivity index (χ0) is 48.4. The first-order valence-electron chi connectivity index (χ1n) is 24.9. The number of hydrogen-bond acceptors (Lipinski definition) is 6. The van der Waals surface area contributed by atoms with Crippen LogP contribution in [0.4, 0.5) is 0 Å².